The van der Waals surface area contributed by atoms with Crippen LogP contribution in [0.1, 0.15) is 63.2 Å². The van der Waals surface area contributed by atoms with Crippen LogP contribution in [0.3, 0.4) is 0 Å². The molecule has 1 aromatic rings. The van der Waals surface area contributed by atoms with E-state index < -0.39 is 24.0 Å². The van der Waals surface area contributed by atoms with Gasteiger partial charge in [-0.1, -0.05) is 19.3 Å². The summed E-state index contributed by atoms with van der Waals surface area (Å²) in [5.41, 5.74) is -0.0730. The van der Waals surface area contributed by atoms with Crippen LogP contribution in [0.2, 0.25) is 0 Å². The minimum Gasteiger partial charge on any atom is -0.493 e. The molecule has 166 valence electrons. The molecule has 30 heavy (non-hydrogen) atoms. The Morgan fingerprint density at radius 3 is 2.17 bits per heavy atom. The Kier molecular flexibility index (Phi) is 8.08. The molecule has 0 saturated heterocycles. The summed E-state index contributed by atoms with van der Waals surface area (Å²) in [6, 6.07) is 2.98. The summed E-state index contributed by atoms with van der Waals surface area (Å²) in [5, 5.41) is 5.56. The second-order valence-corrected chi connectivity index (χ2v) is 8.45. The Morgan fingerprint density at radius 1 is 1.00 bits per heavy atom. The number of carbonyl (C=O) groups is 3. The van der Waals surface area contributed by atoms with Crippen LogP contribution in [0, 0.1) is 5.92 Å². The molecule has 0 radical (unpaired) electrons. The van der Waals surface area contributed by atoms with E-state index in [-0.39, 0.29) is 23.1 Å². The van der Waals surface area contributed by atoms with Gasteiger partial charge in [0.05, 0.1) is 25.5 Å². The first-order valence-electron chi connectivity index (χ1n) is 10.2. The van der Waals surface area contributed by atoms with Crippen LogP contribution in [-0.4, -0.2) is 44.1 Å². The van der Waals surface area contributed by atoms with Crippen LogP contribution in [0.15, 0.2) is 12.1 Å². The molecule has 0 aliphatic heterocycles. The minimum absolute atomic E-state index is 0.0896. The van der Waals surface area contributed by atoms with Gasteiger partial charge in [0.15, 0.2) is 18.1 Å². The Labute approximate surface area is 177 Å². The third kappa shape index (κ3) is 6.64. The number of ether oxygens (including phenoxy) is 3. The van der Waals surface area contributed by atoms with E-state index in [0.29, 0.717) is 11.5 Å². The molecule has 1 saturated carbocycles. The predicted molar refractivity (Wildman–Crippen MR) is 113 cm³/mol. The van der Waals surface area contributed by atoms with Crippen molar-refractivity contribution < 1.29 is 28.6 Å². The van der Waals surface area contributed by atoms with E-state index >= 15 is 0 Å². The first-order valence-corrected chi connectivity index (χ1v) is 10.2. The zero-order valence-corrected chi connectivity index (χ0v) is 18.4. The second kappa shape index (κ2) is 10.3. The van der Waals surface area contributed by atoms with Gasteiger partial charge in [-0.05, 0) is 33.6 Å². The number of amides is 2. The van der Waals surface area contributed by atoms with Crippen molar-refractivity contribution in [1.29, 1.82) is 0 Å². The van der Waals surface area contributed by atoms with Gasteiger partial charge in [-0.15, -0.1) is 0 Å². The number of benzene rings is 1. The lowest BCUT2D eigenvalue weighted by molar-refractivity contribution is -0.125. The summed E-state index contributed by atoms with van der Waals surface area (Å²) in [6.07, 6.45) is 4.82. The van der Waals surface area contributed by atoms with Crippen molar-refractivity contribution in [1.82, 2.24) is 5.32 Å². The quantitative estimate of drug-likeness (QED) is 0.656. The zero-order valence-electron chi connectivity index (χ0n) is 18.4. The summed E-state index contributed by atoms with van der Waals surface area (Å²) >= 11 is 0. The van der Waals surface area contributed by atoms with E-state index in [9.17, 15) is 14.4 Å². The highest BCUT2D eigenvalue weighted by Gasteiger charge is 2.25. The Balaban J connectivity index is 2.21. The van der Waals surface area contributed by atoms with E-state index in [0.717, 1.165) is 32.1 Å². The SMILES string of the molecule is COc1cc(NC(=O)C2CCCCC2)c(C(=O)OCC(=O)NC(C)(C)C)cc1OC. The highest BCUT2D eigenvalue weighted by atomic mass is 16.5. The summed E-state index contributed by atoms with van der Waals surface area (Å²) in [6.45, 7) is 5.07. The van der Waals surface area contributed by atoms with Crippen LogP contribution in [0.5, 0.6) is 11.5 Å². The average molecular weight is 421 g/mol. The topological polar surface area (TPSA) is 103 Å². The van der Waals surface area contributed by atoms with Crippen molar-refractivity contribution in [2.75, 3.05) is 26.1 Å². The third-order valence-electron chi connectivity index (χ3n) is 4.83. The molecule has 0 heterocycles. The maximum atomic E-state index is 12.7. The number of hydrogen-bond donors (Lipinski definition) is 2. The van der Waals surface area contributed by atoms with Crippen molar-refractivity contribution in [2.24, 2.45) is 5.92 Å². The van der Waals surface area contributed by atoms with Crippen molar-refractivity contribution in [2.45, 2.75) is 58.4 Å². The van der Waals surface area contributed by atoms with Crippen molar-refractivity contribution in [3.8, 4) is 11.5 Å². The molecule has 0 bridgehead atoms. The Morgan fingerprint density at radius 2 is 1.60 bits per heavy atom. The molecular formula is C22H32N2O6. The van der Waals surface area contributed by atoms with E-state index in [4.69, 9.17) is 14.2 Å². The highest BCUT2D eigenvalue weighted by molar-refractivity contribution is 6.03. The van der Waals surface area contributed by atoms with Gasteiger partial charge in [0, 0.05) is 23.6 Å². The van der Waals surface area contributed by atoms with Crippen molar-refractivity contribution in [3.05, 3.63) is 17.7 Å². The molecule has 8 heteroatoms. The zero-order chi connectivity index (χ0) is 22.3. The van der Waals surface area contributed by atoms with Crippen LogP contribution in [-0.2, 0) is 14.3 Å². The number of esters is 1. The molecule has 0 unspecified atom stereocenters. The van der Waals surface area contributed by atoms with Crippen LogP contribution in [0.4, 0.5) is 5.69 Å². The first kappa shape index (κ1) is 23.5. The van der Waals surface area contributed by atoms with Gasteiger partial charge in [0.25, 0.3) is 5.91 Å². The van der Waals surface area contributed by atoms with Gasteiger partial charge in [-0.25, -0.2) is 4.79 Å². The van der Waals surface area contributed by atoms with Crippen LogP contribution < -0.4 is 20.1 Å². The van der Waals surface area contributed by atoms with Crippen molar-refractivity contribution in [3.63, 3.8) is 0 Å². The first-order chi connectivity index (χ1) is 14.1. The molecule has 0 aromatic heterocycles. The molecule has 0 spiro atoms. The van der Waals surface area contributed by atoms with E-state index in [2.05, 4.69) is 10.6 Å². The van der Waals surface area contributed by atoms with Gasteiger partial charge in [0.1, 0.15) is 0 Å². The van der Waals surface area contributed by atoms with Gasteiger partial charge in [-0.3, -0.25) is 9.59 Å². The molecule has 1 aliphatic rings. The molecular weight excluding hydrogens is 388 g/mol. The summed E-state index contributed by atoms with van der Waals surface area (Å²) < 4.78 is 15.7. The fourth-order valence-electron chi connectivity index (χ4n) is 3.41. The van der Waals surface area contributed by atoms with Crippen molar-refractivity contribution >= 4 is 23.5 Å². The normalized spacial score (nSPS) is 14.6. The van der Waals surface area contributed by atoms with Gasteiger partial charge >= 0.3 is 5.97 Å². The molecule has 0 atom stereocenters. The fraction of sp³-hybridized carbons (Fsp3) is 0.591. The number of carbonyl (C=O) groups excluding carboxylic acids is 3. The third-order valence-corrected chi connectivity index (χ3v) is 4.83. The van der Waals surface area contributed by atoms with Gasteiger partial charge in [0.2, 0.25) is 5.91 Å². The molecule has 2 N–H and O–H groups in total. The van der Waals surface area contributed by atoms with Gasteiger partial charge in [-0.2, -0.15) is 0 Å². The maximum Gasteiger partial charge on any atom is 0.340 e. The lowest BCUT2D eigenvalue weighted by atomic mass is 9.88. The van der Waals surface area contributed by atoms with E-state index in [1.54, 1.807) is 0 Å². The van der Waals surface area contributed by atoms with Crippen LogP contribution in [0.25, 0.3) is 0 Å². The van der Waals surface area contributed by atoms with Crippen LogP contribution >= 0.6 is 0 Å². The molecule has 1 aliphatic carbocycles. The fourth-order valence-corrected chi connectivity index (χ4v) is 3.41. The largest absolute Gasteiger partial charge is 0.493 e. The number of hydrogen-bond acceptors (Lipinski definition) is 6. The lowest BCUT2D eigenvalue weighted by Gasteiger charge is -2.22. The average Bonchev–Trinajstić information content (AvgIpc) is 2.71. The number of rotatable bonds is 7. The minimum atomic E-state index is -0.737. The number of anilines is 1. The Hall–Kier alpha value is -2.77. The number of methoxy groups -OCH3 is 2. The maximum absolute atomic E-state index is 12.7. The predicted octanol–water partition coefficient (Wildman–Crippen LogP) is 3.29. The van der Waals surface area contributed by atoms with E-state index in [1.807, 2.05) is 20.8 Å². The molecule has 8 nitrogen and oxygen atoms in total. The summed E-state index contributed by atoms with van der Waals surface area (Å²) in [7, 11) is 2.92. The highest BCUT2D eigenvalue weighted by Crippen LogP contribution is 2.34. The second-order valence-electron chi connectivity index (χ2n) is 8.45. The van der Waals surface area contributed by atoms with Gasteiger partial charge < -0.3 is 24.8 Å². The monoisotopic (exact) mass is 420 g/mol. The standard InChI is InChI=1S/C22H32N2O6/c1-22(2,3)24-19(25)13-30-21(27)15-11-17(28-4)18(29-5)12-16(15)23-20(26)14-9-7-6-8-10-14/h11-12,14H,6-10,13H2,1-5H3,(H,23,26)(H,24,25). The summed E-state index contributed by atoms with van der Waals surface area (Å²) in [5.74, 6) is -0.685. The van der Waals surface area contributed by atoms with E-state index in [1.165, 1.54) is 26.4 Å². The molecule has 2 rings (SSSR count). The molecule has 1 fully saturated rings. The lowest BCUT2D eigenvalue weighted by Crippen LogP contribution is -2.42. The smallest absolute Gasteiger partial charge is 0.340 e. The Bertz CT molecular complexity index is 779. The number of nitrogens with one attached hydrogen (secondary N) is 2. The molecule has 1 aromatic carbocycles. The summed E-state index contributed by atoms with van der Waals surface area (Å²) in [4.78, 5) is 37.4. The molecule has 2 amide bonds.